The molecule has 0 aliphatic rings. The Balaban J connectivity index is 0.00000729. The first-order chi connectivity index (χ1) is 12.6. The second-order valence-electron chi connectivity index (χ2n) is 5.31. The van der Waals surface area contributed by atoms with E-state index in [-0.39, 0.29) is 27.4 Å². The number of amidine groups is 2. The third-order valence-corrected chi connectivity index (χ3v) is 3.42. The molecule has 0 aromatic heterocycles. The normalized spacial score (nSPS) is 13.8. The van der Waals surface area contributed by atoms with Crippen LogP contribution in [0.4, 0.5) is 13.2 Å². The molecule has 12 heteroatoms. The van der Waals surface area contributed by atoms with Crippen molar-refractivity contribution >= 4 is 47.0 Å². The smallest absolute Gasteiger partial charge is 0.741 e. The van der Waals surface area contributed by atoms with Crippen molar-refractivity contribution < 1.29 is 30.2 Å². The van der Waals surface area contributed by atoms with Crippen LogP contribution in [0.3, 0.4) is 0 Å². The Morgan fingerprint density at radius 1 is 0.964 bits per heavy atom. The topological polar surface area (TPSA) is 73.5 Å². The van der Waals surface area contributed by atoms with E-state index in [4.69, 9.17) is 25.3 Å². The van der Waals surface area contributed by atoms with E-state index in [9.17, 15) is 13.2 Å². The van der Waals surface area contributed by atoms with Crippen molar-refractivity contribution in [2.45, 2.75) is 26.9 Å². The number of alkyl halides is 3. The van der Waals surface area contributed by atoms with E-state index in [1.807, 2.05) is 43.4 Å². The molecule has 0 atom stereocenters. The first kappa shape index (κ1) is 26.2. The molecular formula is C16H19CuF3N6S2. The van der Waals surface area contributed by atoms with E-state index in [0.29, 0.717) is 23.5 Å². The van der Waals surface area contributed by atoms with Crippen molar-refractivity contribution in [2.75, 3.05) is 13.1 Å². The minimum atomic E-state index is -4.40. The molecule has 0 fully saturated rings. The average Bonchev–Trinajstić information content (AvgIpc) is 2.59. The minimum absolute atomic E-state index is 0. The Hall–Kier alpha value is -1.75. The quantitative estimate of drug-likeness (QED) is 0.216. The van der Waals surface area contributed by atoms with Crippen LogP contribution in [0.2, 0.25) is 0 Å². The largest absolute Gasteiger partial charge is 2.00 e. The molecule has 0 saturated carbocycles. The number of halogens is 3. The van der Waals surface area contributed by atoms with Crippen LogP contribution in [0.25, 0.3) is 0 Å². The monoisotopic (exact) mass is 479 g/mol. The molecule has 0 spiro atoms. The molecule has 1 aromatic rings. The van der Waals surface area contributed by atoms with E-state index < -0.39 is 12.7 Å². The molecule has 28 heavy (non-hydrogen) atoms. The molecule has 0 aliphatic heterocycles. The van der Waals surface area contributed by atoms with Crippen molar-refractivity contribution in [3.05, 3.63) is 35.4 Å². The molecule has 0 heterocycles. The Bertz CT molecular complexity index is 746. The fourth-order valence-electron chi connectivity index (χ4n) is 1.71. The zero-order chi connectivity index (χ0) is 20.4. The first-order valence-corrected chi connectivity index (χ1v) is 8.68. The van der Waals surface area contributed by atoms with Gasteiger partial charge < -0.3 is 35.9 Å². The summed E-state index contributed by atoms with van der Waals surface area (Å²) in [5, 5.41) is 20.1. The molecule has 1 radical (unpaired) electrons. The molecule has 0 aliphatic carbocycles. The summed E-state index contributed by atoms with van der Waals surface area (Å²) in [4.78, 5) is 0. The molecule has 1 rings (SSSR count). The molecule has 0 saturated heterocycles. The van der Waals surface area contributed by atoms with E-state index >= 15 is 0 Å². The van der Waals surface area contributed by atoms with Gasteiger partial charge in [0, 0.05) is 12.1 Å². The van der Waals surface area contributed by atoms with Gasteiger partial charge in [-0.2, -0.15) is 28.5 Å². The van der Waals surface area contributed by atoms with Crippen LogP contribution in [0.1, 0.15) is 25.0 Å². The van der Waals surface area contributed by atoms with Crippen LogP contribution in [-0.4, -0.2) is 41.0 Å². The summed E-state index contributed by atoms with van der Waals surface area (Å²) < 4.78 is 36.6. The predicted octanol–water partition coefficient (Wildman–Crippen LogP) is 2.64. The second kappa shape index (κ2) is 12.7. The van der Waals surface area contributed by atoms with Gasteiger partial charge in [0.25, 0.3) is 0 Å². The van der Waals surface area contributed by atoms with Gasteiger partial charge in [-0.25, -0.2) is 0 Å². The van der Waals surface area contributed by atoms with Gasteiger partial charge in [0.15, 0.2) is 0 Å². The molecule has 157 valence electrons. The summed E-state index contributed by atoms with van der Waals surface area (Å²) in [6.45, 7) is 4.72. The maximum absolute atomic E-state index is 12.2. The van der Waals surface area contributed by atoms with Gasteiger partial charge in [-0.1, -0.05) is 29.8 Å². The molecule has 1 aromatic carbocycles. The number of hydrogen-bond acceptors (Lipinski definition) is 6. The molecular weight excluding hydrogens is 461 g/mol. The summed E-state index contributed by atoms with van der Waals surface area (Å²) in [6.07, 6.45) is -4.40. The Morgan fingerprint density at radius 2 is 1.50 bits per heavy atom. The van der Waals surface area contributed by atoms with Crippen LogP contribution >= 0.6 is 0 Å². The SMILES string of the molecule is CCNC([S-])=NN=C(C(C)=NN=C([S-])NCC(F)(F)F)c1ccc(C)cc1.[Cu+2]. The molecule has 6 nitrogen and oxygen atoms in total. The molecule has 2 N–H and O–H groups in total. The molecule has 0 unspecified atom stereocenters. The van der Waals surface area contributed by atoms with E-state index in [1.54, 1.807) is 6.92 Å². The number of benzene rings is 1. The fourth-order valence-corrected chi connectivity index (χ4v) is 2.01. The summed E-state index contributed by atoms with van der Waals surface area (Å²) >= 11 is 9.74. The summed E-state index contributed by atoms with van der Waals surface area (Å²) in [7, 11) is 0. The zero-order valence-electron chi connectivity index (χ0n) is 15.3. The van der Waals surface area contributed by atoms with Gasteiger partial charge in [-0.15, -0.1) is 5.10 Å². The fraction of sp³-hybridized carbons (Fsp3) is 0.375. The van der Waals surface area contributed by atoms with Crippen LogP contribution in [0.15, 0.2) is 44.7 Å². The zero-order valence-corrected chi connectivity index (χ0v) is 17.8. The van der Waals surface area contributed by atoms with Crippen molar-refractivity contribution in [1.29, 1.82) is 0 Å². The maximum atomic E-state index is 12.2. The van der Waals surface area contributed by atoms with Gasteiger partial charge in [0.1, 0.15) is 12.3 Å². The first-order valence-electron chi connectivity index (χ1n) is 7.86. The third kappa shape index (κ3) is 10.5. The second-order valence-corrected chi connectivity index (χ2v) is 6.08. The Labute approximate surface area is 183 Å². The van der Waals surface area contributed by atoms with Gasteiger partial charge in [-0.3, -0.25) is 0 Å². The minimum Gasteiger partial charge on any atom is -0.741 e. The Kier molecular flexibility index (Phi) is 11.9. The van der Waals surface area contributed by atoms with Gasteiger partial charge >= 0.3 is 23.2 Å². The van der Waals surface area contributed by atoms with Crippen molar-refractivity contribution in [3.63, 3.8) is 0 Å². The number of nitrogens with one attached hydrogen (secondary N) is 2. The summed E-state index contributed by atoms with van der Waals surface area (Å²) in [5.74, 6) is 0. The predicted molar refractivity (Wildman–Crippen MR) is 108 cm³/mol. The van der Waals surface area contributed by atoms with Crippen molar-refractivity contribution in [3.8, 4) is 0 Å². The molecule has 0 bridgehead atoms. The number of rotatable bonds is 6. The number of aryl methyl sites for hydroxylation is 1. The third-order valence-electron chi connectivity index (χ3n) is 2.97. The average molecular weight is 480 g/mol. The standard InChI is InChI=1S/C16H21F3N6S2.Cu/c1-4-20-14(26)25-23-13(12-7-5-10(2)6-8-12)11(3)22-24-15(27)21-9-16(17,18)19;/h5-8H,4,9H2,1-3H3,(H2,20,25,26)(H2,21,24,27);/q;+2/p-2. The van der Waals surface area contributed by atoms with E-state index in [0.717, 1.165) is 5.56 Å². The maximum Gasteiger partial charge on any atom is 2.00 e. The van der Waals surface area contributed by atoms with E-state index in [1.165, 1.54) is 0 Å². The van der Waals surface area contributed by atoms with E-state index in [2.05, 4.69) is 25.7 Å². The van der Waals surface area contributed by atoms with Crippen LogP contribution < -0.4 is 10.6 Å². The van der Waals surface area contributed by atoms with Crippen LogP contribution in [0.5, 0.6) is 0 Å². The van der Waals surface area contributed by atoms with Crippen LogP contribution in [0, 0.1) is 6.92 Å². The van der Waals surface area contributed by atoms with Gasteiger partial charge in [0.05, 0.1) is 5.71 Å². The molecule has 0 amide bonds. The summed E-state index contributed by atoms with van der Waals surface area (Å²) in [5.41, 5.74) is 2.44. The van der Waals surface area contributed by atoms with Crippen LogP contribution in [-0.2, 0) is 42.3 Å². The van der Waals surface area contributed by atoms with Crippen molar-refractivity contribution in [2.24, 2.45) is 20.4 Å². The Morgan fingerprint density at radius 3 is 2.04 bits per heavy atom. The van der Waals surface area contributed by atoms with Gasteiger partial charge in [0.2, 0.25) is 0 Å². The summed E-state index contributed by atoms with van der Waals surface area (Å²) in [6, 6.07) is 7.40. The number of nitrogens with zero attached hydrogens (tertiary/aromatic N) is 4. The number of hydrogen-bond donors (Lipinski definition) is 2. The van der Waals surface area contributed by atoms with Crippen molar-refractivity contribution in [1.82, 2.24) is 10.6 Å². The van der Waals surface area contributed by atoms with Gasteiger partial charge in [-0.05, 0) is 31.1 Å².